The predicted molar refractivity (Wildman–Crippen MR) is 68.3 cm³/mol. The highest BCUT2D eigenvalue weighted by atomic mass is 16.3. The maximum absolute atomic E-state index is 9.37. The third-order valence-corrected chi connectivity index (χ3v) is 4.53. The van der Waals surface area contributed by atoms with Gasteiger partial charge in [0.15, 0.2) is 0 Å². The highest BCUT2D eigenvalue weighted by Gasteiger charge is 2.41. The number of rotatable bonds is 3. The molecule has 3 aliphatic heterocycles. The summed E-state index contributed by atoms with van der Waals surface area (Å²) < 4.78 is 1.94. The molecule has 3 saturated heterocycles. The topological polar surface area (TPSA) is 54.2 Å². The van der Waals surface area contributed by atoms with E-state index in [0.29, 0.717) is 30.5 Å². The predicted octanol–water partition coefficient (Wildman–Crippen LogP) is 1.03. The van der Waals surface area contributed by atoms with Gasteiger partial charge < -0.3 is 5.11 Å². The van der Waals surface area contributed by atoms with Gasteiger partial charge in [0.1, 0.15) is 0 Å². The number of nitrogens with zero attached hydrogens (tertiary/aromatic N) is 4. The van der Waals surface area contributed by atoms with E-state index in [1.807, 2.05) is 4.68 Å². The van der Waals surface area contributed by atoms with Gasteiger partial charge in [-0.3, -0.25) is 4.90 Å². The number of aliphatic hydroxyl groups excluding tert-OH is 1. The molecule has 1 unspecified atom stereocenters. The molecule has 4 atom stereocenters. The second-order valence-electron chi connectivity index (χ2n) is 5.94. The van der Waals surface area contributed by atoms with Gasteiger partial charge in [-0.15, -0.1) is 5.10 Å². The third-order valence-electron chi connectivity index (χ3n) is 4.53. The Hall–Kier alpha value is -0.940. The summed E-state index contributed by atoms with van der Waals surface area (Å²) in [5.41, 5.74) is 1.13. The van der Waals surface area contributed by atoms with Crippen molar-refractivity contribution < 1.29 is 5.11 Å². The highest BCUT2D eigenvalue weighted by Crippen LogP contribution is 2.40. The summed E-state index contributed by atoms with van der Waals surface area (Å²) in [6.07, 6.45) is 4.44. The second-order valence-corrected chi connectivity index (χ2v) is 5.94. The Bertz CT molecular complexity index is 417. The zero-order valence-corrected chi connectivity index (χ0v) is 11.2. The summed E-state index contributed by atoms with van der Waals surface area (Å²) in [5.74, 6) is 1.18. The number of piperidine rings is 3. The average Bonchev–Trinajstić information content (AvgIpc) is 2.88. The molecule has 3 fully saturated rings. The molecule has 1 aromatic rings. The van der Waals surface area contributed by atoms with Crippen molar-refractivity contribution in [1.29, 1.82) is 0 Å². The summed E-state index contributed by atoms with van der Waals surface area (Å²) in [6, 6.07) is 0.748. The minimum absolute atomic E-state index is 0.294. The molecule has 2 bridgehead atoms. The number of hydrogen-bond donors (Lipinski definition) is 1. The molecule has 18 heavy (non-hydrogen) atoms. The fourth-order valence-corrected chi connectivity index (χ4v) is 3.38. The summed E-state index contributed by atoms with van der Waals surface area (Å²) >= 11 is 0. The van der Waals surface area contributed by atoms with Crippen molar-refractivity contribution in [2.45, 2.75) is 44.7 Å². The summed E-state index contributed by atoms with van der Waals surface area (Å²) in [6.45, 7) is 6.70. The van der Waals surface area contributed by atoms with Gasteiger partial charge in [-0.05, 0) is 39.2 Å². The van der Waals surface area contributed by atoms with Crippen LogP contribution in [0.5, 0.6) is 0 Å². The van der Waals surface area contributed by atoms with Gasteiger partial charge in [0, 0.05) is 30.7 Å². The van der Waals surface area contributed by atoms with Crippen LogP contribution in [0.4, 0.5) is 0 Å². The first-order chi connectivity index (χ1) is 8.69. The van der Waals surface area contributed by atoms with E-state index in [1.165, 1.54) is 6.42 Å². The van der Waals surface area contributed by atoms with E-state index >= 15 is 0 Å². The van der Waals surface area contributed by atoms with Gasteiger partial charge in [-0.2, -0.15) is 0 Å². The number of aliphatic hydroxyl groups is 1. The minimum Gasteiger partial charge on any atom is -0.395 e. The third kappa shape index (κ3) is 1.95. The Morgan fingerprint density at radius 1 is 1.50 bits per heavy atom. The smallest absolute Gasteiger partial charge is 0.0873 e. The zero-order chi connectivity index (χ0) is 12.7. The van der Waals surface area contributed by atoms with Gasteiger partial charge in [-0.1, -0.05) is 5.21 Å². The van der Waals surface area contributed by atoms with Gasteiger partial charge in [0.05, 0.1) is 12.3 Å². The number of hydrogen-bond acceptors (Lipinski definition) is 4. The molecule has 0 spiro atoms. The van der Waals surface area contributed by atoms with Crippen molar-refractivity contribution in [3.05, 3.63) is 11.9 Å². The van der Waals surface area contributed by atoms with Crippen molar-refractivity contribution in [3.8, 4) is 0 Å². The van der Waals surface area contributed by atoms with Crippen molar-refractivity contribution in [2.24, 2.45) is 5.92 Å². The lowest BCUT2D eigenvalue weighted by molar-refractivity contribution is 0.00184. The molecule has 0 radical (unpaired) electrons. The van der Waals surface area contributed by atoms with Crippen LogP contribution >= 0.6 is 0 Å². The van der Waals surface area contributed by atoms with E-state index < -0.39 is 0 Å². The molecule has 1 N–H and O–H groups in total. The molecular weight excluding hydrogens is 228 g/mol. The Balaban J connectivity index is 1.77. The molecule has 100 valence electrons. The van der Waals surface area contributed by atoms with E-state index in [1.54, 1.807) is 0 Å². The highest BCUT2D eigenvalue weighted by molar-refractivity contribution is 5.11. The lowest BCUT2D eigenvalue weighted by atomic mass is 9.74. The van der Waals surface area contributed by atoms with Gasteiger partial charge in [0.2, 0.25) is 0 Å². The van der Waals surface area contributed by atoms with Crippen molar-refractivity contribution >= 4 is 0 Å². The first-order valence-electron chi connectivity index (χ1n) is 6.95. The minimum atomic E-state index is 0.294. The molecule has 3 aliphatic rings. The first-order valence-corrected chi connectivity index (χ1v) is 6.95. The second kappa shape index (κ2) is 4.63. The van der Waals surface area contributed by atoms with E-state index in [9.17, 15) is 5.11 Å². The molecule has 5 nitrogen and oxygen atoms in total. The van der Waals surface area contributed by atoms with Crippen molar-refractivity contribution in [2.75, 3.05) is 19.7 Å². The summed E-state index contributed by atoms with van der Waals surface area (Å²) in [7, 11) is 0. The van der Waals surface area contributed by atoms with Gasteiger partial charge >= 0.3 is 0 Å². The normalized spacial score (nSPS) is 35.3. The molecule has 4 heterocycles. The monoisotopic (exact) mass is 250 g/mol. The van der Waals surface area contributed by atoms with Crippen LogP contribution in [0.1, 0.15) is 44.3 Å². The molecule has 0 aromatic carbocycles. The fraction of sp³-hybridized carbons (Fsp3) is 0.846. The molecular formula is C13H22N4O. The molecule has 5 heteroatoms. The maximum Gasteiger partial charge on any atom is 0.0873 e. The maximum atomic E-state index is 9.37. The van der Waals surface area contributed by atoms with Crippen LogP contribution < -0.4 is 0 Å². The van der Waals surface area contributed by atoms with E-state index in [0.717, 1.165) is 25.2 Å². The molecule has 4 rings (SSSR count). The average molecular weight is 250 g/mol. The van der Waals surface area contributed by atoms with Gasteiger partial charge in [-0.25, -0.2) is 4.68 Å². The van der Waals surface area contributed by atoms with Crippen LogP contribution in [-0.2, 0) is 0 Å². The lowest BCUT2D eigenvalue weighted by Crippen LogP contribution is -2.53. The number of aromatic nitrogens is 3. The quantitative estimate of drug-likeness (QED) is 0.870. The van der Waals surface area contributed by atoms with Crippen LogP contribution in [0.2, 0.25) is 0 Å². The summed E-state index contributed by atoms with van der Waals surface area (Å²) in [4.78, 5) is 2.42. The molecule has 1 aromatic heterocycles. The van der Waals surface area contributed by atoms with Crippen LogP contribution in [0.3, 0.4) is 0 Å². The SMILES string of the molecule is CC(C)n1cc([C@H]2CN3CC[C@H]2C[C@@H]3CO)nn1. The van der Waals surface area contributed by atoms with Crippen LogP contribution in [0, 0.1) is 5.92 Å². The van der Waals surface area contributed by atoms with E-state index in [-0.39, 0.29) is 0 Å². The Labute approximate surface area is 108 Å². The Morgan fingerprint density at radius 3 is 2.89 bits per heavy atom. The van der Waals surface area contributed by atoms with E-state index in [4.69, 9.17) is 0 Å². The van der Waals surface area contributed by atoms with Gasteiger partial charge in [0.25, 0.3) is 0 Å². The number of fused-ring (bicyclic) bond motifs is 3. The van der Waals surface area contributed by atoms with Crippen LogP contribution in [0.15, 0.2) is 6.20 Å². The Morgan fingerprint density at radius 2 is 2.33 bits per heavy atom. The Kier molecular flexibility index (Phi) is 3.11. The molecule has 0 saturated carbocycles. The van der Waals surface area contributed by atoms with Crippen LogP contribution in [0.25, 0.3) is 0 Å². The van der Waals surface area contributed by atoms with Crippen LogP contribution in [-0.4, -0.2) is 50.7 Å². The molecule has 0 amide bonds. The standard InChI is InChI=1S/C13H22N4O/c1-9(2)17-7-13(14-15-17)12-6-16-4-3-10(12)5-11(16)8-18/h7,9-12,18H,3-6,8H2,1-2H3/t10-,11+,12-/m0/s1. The largest absolute Gasteiger partial charge is 0.395 e. The first kappa shape index (κ1) is 12.1. The fourth-order valence-electron chi connectivity index (χ4n) is 3.38. The molecule has 0 aliphatic carbocycles. The summed E-state index contributed by atoms with van der Waals surface area (Å²) in [5, 5.41) is 17.9. The van der Waals surface area contributed by atoms with E-state index in [2.05, 4.69) is 35.3 Å². The van der Waals surface area contributed by atoms with Crippen molar-refractivity contribution in [3.63, 3.8) is 0 Å². The lowest BCUT2D eigenvalue weighted by Gasteiger charge is -2.48. The van der Waals surface area contributed by atoms with Crippen molar-refractivity contribution in [1.82, 2.24) is 19.9 Å². The zero-order valence-electron chi connectivity index (χ0n) is 11.2.